The van der Waals surface area contributed by atoms with Crippen LogP contribution in [0.2, 0.25) is 0 Å². The van der Waals surface area contributed by atoms with Gasteiger partial charge >= 0.3 is 6.09 Å². The number of ether oxygens (including phenoxy) is 3. The third-order valence-corrected chi connectivity index (χ3v) is 14.7. The van der Waals surface area contributed by atoms with Crippen LogP contribution in [0.15, 0.2) is 18.2 Å². The number of sulfonamides is 1. The van der Waals surface area contributed by atoms with E-state index in [1.165, 1.54) is 26.2 Å². The third-order valence-electron chi connectivity index (χ3n) is 12.6. The normalized spacial score (nSPS) is 29.3. The van der Waals surface area contributed by atoms with E-state index >= 15 is 8.78 Å². The summed E-state index contributed by atoms with van der Waals surface area (Å²) < 4.78 is 106. The first-order valence-electron chi connectivity index (χ1n) is 20.9. The van der Waals surface area contributed by atoms with Crippen LogP contribution in [0, 0.1) is 17.3 Å². The van der Waals surface area contributed by atoms with Gasteiger partial charge in [-0.3, -0.25) is 19.1 Å². The quantitative estimate of drug-likeness (QED) is 0.260. The van der Waals surface area contributed by atoms with Crippen molar-refractivity contribution < 1.29 is 59.4 Å². The number of amides is 4. The van der Waals surface area contributed by atoms with Crippen molar-refractivity contribution in [3.05, 3.63) is 23.9 Å². The largest absolute Gasteiger partial charge is 0.497 e. The van der Waals surface area contributed by atoms with Gasteiger partial charge in [-0.1, -0.05) is 41.0 Å². The van der Waals surface area contributed by atoms with Crippen LogP contribution in [0.3, 0.4) is 0 Å². The molecule has 15 nitrogen and oxygen atoms in total. The Hall–Kier alpha value is -4.49. The van der Waals surface area contributed by atoms with Crippen molar-refractivity contribution in [2.75, 3.05) is 13.7 Å². The molecule has 3 fully saturated rings. The molecule has 2 aliphatic heterocycles. The Morgan fingerprint density at radius 2 is 1.74 bits per heavy atom. The smallest absolute Gasteiger partial charge is 0.408 e. The number of methoxy groups -OCH3 is 1. The number of alkyl halides is 4. The molecule has 338 valence electrons. The van der Waals surface area contributed by atoms with Gasteiger partial charge in [-0.05, 0) is 75.8 Å². The van der Waals surface area contributed by atoms with E-state index in [-0.39, 0.29) is 36.7 Å². The first kappa shape index (κ1) is 46.0. The van der Waals surface area contributed by atoms with Crippen molar-refractivity contribution in [3.8, 4) is 11.6 Å². The lowest BCUT2D eigenvalue weighted by atomic mass is 9.85. The molecule has 1 aromatic heterocycles. The van der Waals surface area contributed by atoms with Gasteiger partial charge in [0.05, 0.1) is 35.4 Å². The van der Waals surface area contributed by atoms with Crippen LogP contribution in [0.5, 0.6) is 11.6 Å². The summed E-state index contributed by atoms with van der Waals surface area (Å²) >= 11 is 0. The molecule has 20 heteroatoms. The van der Waals surface area contributed by atoms with Gasteiger partial charge < -0.3 is 29.7 Å². The number of carbonyl (C=O) groups is 4. The summed E-state index contributed by atoms with van der Waals surface area (Å²) in [7, 11) is -2.90. The fourth-order valence-electron chi connectivity index (χ4n) is 8.27. The van der Waals surface area contributed by atoms with E-state index in [0.29, 0.717) is 31.4 Å². The second kappa shape index (κ2) is 17.0. The van der Waals surface area contributed by atoms with Crippen LogP contribution in [-0.4, -0.2) is 102 Å². The van der Waals surface area contributed by atoms with Gasteiger partial charge in [-0.25, -0.2) is 32.0 Å². The first-order valence-corrected chi connectivity index (χ1v) is 22.3. The standard InChI is InChI=1S/C41H56F4N6O9S/c1-8-22-13-11-10-12-16-41(44,45)30-34(47-27-19-23(58-7)14-15-26(27)46-30)60-28-21-51(35(53)31(38(3,4)5)48-37(55)59-22)29(24(28)9-2)33(52)49-40(20-25(40)32(42)43)36(54)50-61(56,57)39(6)17-18-39/h14-15,19,22,24-25,28-29,31-32H,8-13,16-18,20-21H2,1-7H3,(H,48,55)(H,49,52)(H,50,54)/t22-,24-,25+,28+,29+,31-,40-/m1/s1. The molecule has 2 aliphatic carbocycles. The molecule has 1 saturated heterocycles. The zero-order valence-corrected chi connectivity index (χ0v) is 36.3. The molecule has 2 bridgehead atoms. The average molecular weight is 885 g/mol. The topological polar surface area (TPSA) is 195 Å². The number of halogens is 4. The fourth-order valence-corrected chi connectivity index (χ4v) is 9.58. The van der Waals surface area contributed by atoms with Crippen LogP contribution in [-0.2, 0) is 35.1 Å². The van der Waals surface area contributed by atoms with Gasteiger partial charge in [0.25, 0.3) is 11.8 Å². The minimum Gasteiger partial charge on any atom is -0.497 e. The minimum atomic E-state index is -4.32. The van der Waals surface area contributed by atoms with Gasteiger partial charge in [-0.15, -0.1) is 0 Å². The predicted molar refractivity (Wildman–Crippen MR) is 213 cm³/mol. The lowest BCUT2D eigenvalue weighted by Gasteiger charge is -2.36. The number of cyclic esters (lactones) is 1. The maximum atomic E-state index is 16.4. The summed E-state index contributed by atoms with van der Waals surface area (Å²) in [5, 5.41) is 5.07. The SMILES string of the molecule is CC[C@@H]1CCCCCC(F)(F)c2nc3ccc(OC)cc3nc2O[C@H]2CN(C(=O)[C@H](C(C)(C)C)NC(=O)O1)[C@H](C(=O)N[C@]1(C(=O)NS(=O)(=O)C3(C)CC3)C[C@H]1C(F)F)[C@@H]2CC. The Labute approximate surface area is 352 Å². The number of fused-ring (bicyclic) bond motifs is 4. The third kappa shape index (κ3) is 9.33. The van der Waals surface area contributed by atoms with E-state index in [1.54, 1.807) is 40.7 Å². The number of carbonyl (C=O) groups excluding carboxylic acids is 4. The highest BCUT2D eigenvalue weighted by molar-refractivity contribution is 7.91. The Kier molecular flexibility index (Phi) is 12.8. The summed E-state index contributed by atoms with van der Waals surface area (Å²) in [5.41, 5.74) is -3.87. The summed E-state index contributed by atoms with van der Waals surface area (Å²) in [6.07, 6.45) is -4.95. The molecule has 4 aliphatic rings. The molecular weight excluding hydrogens is 829 g/mol. The summed E-state index contributed by atoms with van der Waals surface area (Å²) in [5.74, 6) is -9.83. The molecule has 4 amide bonds. The number of aromatic nitrogens is 2. The molecule has 3 heterocycles. The van der Waals surface area contributed by atoms with Crippen LogP contribution in [0.1, 0.15) is 111 Å². The van der Waals surface area contributed by atoms with E-state index in [2.05, 4.69) is 20.6 Å². The van der Waals surface area contributed by atoms with Crippen LogP contribution in [0.4, 0.5) is 22.4 Å². The molecule has 7 atom stereocenters. The van der Waals surface area contributed by atoms with E-state index < -0.39 is 129 Å². The lowest BCUT2D eigenvalue weighted by Crippen LogP contribution is -2.61. The Balaban J connectivity index is 1.45. The van der Waals surface area contributed by atoms with Gasteiger partial charge in [0.1, 0.15) is 35.6 Å². The molecular formula is C41H56F4N6O9S. The monoisotopic (exact) mass is 884 g/mol. The second-order valence-corrected chi connectivity index (χ2v) is 20.3. The Morgan fingerprint density at radius 1 is 1.03 bits per heavy atom. The summed E-state index contributed by atoms with van der Waals surface area (Å²) in [6, 6.07) is 1.55. The molecule has 61 heavy (non-hydrogen) atoms. The lowest BCUT2D eigenvalue weighted by molar-refractivity contribution is -0.144. The fraction of sp³-hybridized carbons (Fsp3) is 0.707. The minimum absolute atomic E-state index is 0.0468. The molecule has 0 spiro atoms. The zero-order valence-electron chi connectivity index (χ0n) is 35.5. The highest BCUT2D eigenvalue weighted by Crippen LogP contribution is 2.50. The molecule has 6 rings (SSSR count). The van der Waals surface area contributed by atoms with Gasteiger partial charge in [0, 0.05) is 18.4 Å². The highest BCUT2D eigenvalue weighted by Gasteiger charge is 2.68. The number of rotatable bonds is 9. The molecule has 0 radical (unpaired) electrons. The number of hydrogen-bond acceptors (Lipinski definition) is 11. The molecule has 1 aromatic carbocycles. The van der Waals surface area contributed by atoms with Crippen molar-refractivity contribution >= 4 is 44.9 Å². The van der Waals surface area contributed by atoms with E-state index in [4.69, 9.17) is 14.2 Å². The Bertz CT molecular complexity index is 2140. The number of alkyl carbamates (subject to hydrolysis) is 1. The maximum Gasteiger partial charge on any atom is 0.408 e. The van der Waals surface area contributed by atoms with E-state index in [1.807, 2.05) is 4.72 Å². The molecule has 2 aromatic rings. The van der Waals surface area contributed by atoms with Gasteiger partial charge in [0.15, 0.2) is 5.69 Å². The summed E-state index contributed by atoms with van der Waals surface area (Å²) in [6.45, 7) is 9.41. The van der Waals surface area contributed by atoms with Crippen molar-refractivity contribution in [1.82, 2.24) is 30.2 Å². The number of hydrogen-bond donors (Lipinski definition) is 3. The summed E-state index contributed by atoms with van der Waals surface area (Å²) in [4.78, 5) is 66.6. The van der Waals surface area contributed by atoms with Crippen molar-refractivity contribution in [2.45, 2.75) is 153 Å². The van der Waals surface area contributed by atoms with Crippen LogP contribution in [0.25, 0.3) is 11.0 Å². The van der Waals surface area contributed by atoms with Crippen LogP contribution >= 0.6 is 0 Å². The van der Waals surface area contributed by atoms with Crippen molar-refractivity contribution in [2.24, 2.45) is 17.3 Å². The van der Waals surface area contributed by atoms with E-state index in [9.17, 15) is 36.4 Å². The van der Waals surface area contributed by atoms with Crippen LogP contribution < -0.4 is 24.8 Å². The molecule has 3 N–H and O–H groups in total. The molecule has 2 saturated carbocycles. The van der Waals surface area contributed by atoms with Crippen molar-refractivity contribution in [1.29, 1.82) is 0 Å². The first-order chi connectivity index (χ1) is 28.5. The number of benzene rings is 1. The Morgan fingerprint density at radius 3 is 2.33 bits per heavy atom. The average Bonchev–Trinajstić information content (AvgIpc) is 4.09. The second-order valence-electron chi connectivity index (χ2n) is 18.1. The highest BCUT2D eigenvalue weighted by atomic mass is 32.2. The van der Waals surface area contributed by atoms with Crippen molar-refractivity contribution in [3.63, 3.8) is 0 Å². The van der Waals surface area contributed by atoms with E-state index in [0.717, 1.165) is 4.90 Å². The zero-order chi connectivity index (χ0) is 44.9. The number of nitrogens with zero attached hydrogens (tertiary/aromatic N) is 3. The maximum absolute atomic E-state index is 16.4. The molecule has 0 unspecified atom stereocenters. The predicted octanol–water partition coefficient (Wildman–Crippen LogP) is 5.74. The van der Waals surface area contributed by atoms with Gasteiger partial charge in [0.2, 0.25) is 34.1 Å². The van der Waals surface area contributed by atoms with Gasteiger partial charge in [-0.2, -0.15) is 8.78 Å². The number of nitrogens with one attached hydrogen (secondary N) is 3.